The lowest BCUT2D eigenvalue weighted by molar-refractivity contribution is 0.0738. The molecule has 2 amide bonds. The first-order chi connectivity index (χ1) is 26.6. The molecule has 2 aromatic carbocycles. The molecule has 0 aliphatic carbocycles. The van der Waals surface area contributed by atoms with Crippen LogP contribution in [0.3, 0.4) is 0 Å². The Bertz CT molecular complexity index is 2170. The number of benzene rings is 2. The Kier molecular flexibility index (Phi) is 13.1. The molecule has 4 aromatic heterocycles. The molecule has 2 aliphatic heterocycles. The van der Waals surface area contributed by atoms with Gasteiger partial charge in [0.05, 0.1) is 47.3 Å². The number of para-hydroxylation sites is 2. The van der Waals surface area contributed by atoms with Crippen molar-refractivity contribution in [1.82, 2.24) is 49.8 Å². The molecule has 6 aromatic rings. The Labute approximate surface area is 334 Å². The second kappa shape index (κ2) is 18.3. The van der Waals surface area contributed by atoms with Crippen molar-refractivity contribution in [2.75, 3.05) is 18.4 Å². The molecule has 284 valence electrons. The number of aromatic nitrogens is 8. The Hall–Kier alpha value is -5.39. The molecule has 4 atom stereocenters. The summed E-state index contributed by atoms with van der Waals surface area (Å²) in [5.74, 6) is 0.316. The molecule has 6 heterocycles. The number of halogens is 3. The number of pyridine rings is 2. The van der Waals surface area contributed by atoms with Crippen LogP contribution in [0, 0.1) is 5.95 Å². The lowest BCUT2D eigenvalue weighted by Crippen LogP contribution is -2.36. The summed E-state index contributed by atoms with van der Waals surface area (Å²) in [6.45, 7) is 5.32. The summed E-state index contributed by atoms with van der Waals surface area (Å²) < 4.78 is 13.7. The molecule has 8 rings (SSSR count). The van der Waals surface area contributed by atoms with E-state index in [0.717, 1.165) is 23.1 Å². The molecule has 2 saturated heterocycles. The smallest absolute Gasteiger partial charge is 0.256 e. The van der Waals surface area contributed by atoms with Gasteiger partial charge in [-0.2, -0.15) is 34.4 Å². The number of nitrogens with two attached hydrogens (primary N) is 1. The van der Waals surface area contributed by atoms with E-state index in [-0.39, 0.29) is 36.0 Å². The minimum absolute atomic E-state index is 0.0121. The summed E-state index contributed by atoms with van der Waals surface area (Å²) in [6, 6.07) is 22.1. The average molecular weight is 875 g/mol. The van der Waals surface area contributed by atoms with Crippen molar-refractivity contribution in [3.63, 3.8) is 0 Å². The number of likely N-dealkylation sites (tertiary alicyclic amines) is 2. The highest BCUT2D eigenvalue weighted by atomic mass is 79.9. The number of anilines is 1. The highest BCUT2D eigenvalue weighted by molar-refractivity contribution is 9.10. The number of nitrogens with zero attached hydrogens (tertiary/aromatic N) is 10. The normalized spacial score (nSPS) is 18.9. The molecule has 14 nitrogen and oxygen atoms in total. The second-order valence-electron chi connectivity index (χ2n) is 13.0. The zero-order chi connectivity index (χ0) is 38.9. The zero-order valence-corrected chi connectivity index (χ0v) is 33.2. The van der Waals surface area contributed by atoms with Crippen molar-refractivity contribution in [2.24, 2.45) is 5.73 Å². The molecule has 0 unspecified atom stereocenters. The molecule has 0 radical (unpaired) electrons. The van der Waals surface area contributed by atoms with Gasteiger partial charge in [0.2, 0.25) is 5.95 Å². The summed E-state index contributed by atoms with van der Waals surface area (Å²) in [5.41, 5.74) is 8.52. The van der Waals surface area contributed by atoms with Gasteiger partial charge < -0.3 is 20.9 Å². The van der Waals surface area contributed by atoms with Crippen LogP contribution < -0.4 is 11.1 Å². The minimum atomic E-state index is -0.459. The molecular weight excluding hydrogens is 835 g/mol. The highest BCUT2D eigenvalue weighted by Crippen LogP contribution is 2.26. The SMILES string of the molecule is C[C@@H]1C[C@@H](N)CN1C(=O)c1ccccc1-n1nccn1.C[C@@H]1C[C@@H](Nc2cc(Br)ccn2)CN1C(=O)c1ccccc1-n1nccn1.Fc1cc(Br)ccn1. The van der Waals surface area contributed by atoms with Crippen molar-refractivity contribution in [2.45, 2.75) is 50.9 Å². The van der Waals surface area contributed by atoms with E-state index in [4.69, 9.17) is 5.73 Å². The maximum absolute atomic E-state index is 13.2. The fourth-order valence-electron chi connectivity index (χ4n) is 6.49. The lowest BCUT2D eigenvalue weighted by atomic mass is 10.1. The Morgan fingerprint density at radius 1 is 0.691 bits per heavy atom. The van der Waals surface area contributed by atoms with Crippen LogP contribution in [0.5, 0.6) is 0 Å². The van der Waals surface area contributed by atoms with Crippen LogP contribution in [0.4, 0.5) is 10.2 Å². The van der Waals surface area contributed by atoms with Gasteiger partial charge in [-0.15, -0.1) is 0 Å². The van der Waals surface area contributed by atoms with Gasteiger partial charge in [-0.1, -0.05) is 56.1 Å². The van der Waals surface area contributed by atoms with Crippen molar-refractivity contribution in [1.29, 1.82) is 0 Å². The zero-order valence-electron chi connectivity index (χ0n) is 30.0. The average Bonchev–Trinajstić information content (AvgIpc) is 4.01. The molecule has 55 heavy (non-hydrogen) atoms. The van der Waals surface area contributed by atoms with Gasteiger partial charge >= 0.3 is 0 Å². The third-order valence-corrected chi connectivity index (χ3v) is 9.99. The third-order valence-electron chi connectivity index (χ3n) is 9.00. The topological polar surface area (TPSA) is 166 Å². The van der Waals surface area contributed by atoms with Crippen LogP contribution in [0.2, 0.25) is 0 Å². The minimum Gasteiger partial charge on any atom is -0.365 e. The van der Waals surface area contributed by atoms with E-state index in [1.165, 1.54) is 21.9 Å². The van der Waals surface area contributed by atoms with Gasteiger partial charge in [0.1, 0.15) is 5.82 Å². The monoisotopic (exact) mass is 872 g/mol. The van der Waals surface area contributed by atoms with Crippen LogP contribution in [-0.4, -0.2) is 98.8 Å². The summed E-state index contributed by atoms with van der Waals surface area (Å²) in [4.78, 5) is 40.3. The maximum Gasteiger partial charge on any atom is 0.256 e. The quantitative estimate of drug-likeness (QED) is 0.191. The second-order valence-corrected chi connectivity index (χ2v) is 14.8. The first-order valence-electron chi connectivity index (χ1n) is 17.5. The van der Waals surface area contributed by atoms with E-state index in [1.54, 1.807) is 43.1 Å². The molecule has 2 aliphatic rings. The molecule has 2 fully saturated rings. The fraction of sp³-hybridized carbons (Fsp3) is 0.263. The van der Waals surface area contributed by atoms with Gasteiger partial charge in [0.15, 0.2) is 0 Å². The van der Waals surface area contributed by atoms with E-state index < -0.39 is 5.95 Å². The van der Waals surface area contributed by atoms with Crippen molar-refractivity contribution < 1.29 is 14.0 Å². The van der Waals surface area contributed by atoms with E-state index in [9.17, 15) is 14.0 Å². The number of carbonyl (C=O) groups excluding carboxylic acids is 2. The van der Waals surface area contributed by atoms with E-state index in [0.29, 0.717) is 40.1 Å². The summed E-state index contributed by atoms with van der Waals surface area (Å²) in [6.07, 6.45) is 11.2. The molecule has 17 heteroatoms. The van der Waals surface area contributed by atoms with E-state index in [2.05, 4.69) is 74.5 Å². The highest BCUT2D eigenvalue weighted by Gasteiger charge is 2.34. The predicted octanol–water partition coefficient (Wildman–Crippen LogP) is 5.95. The molecular formula is C38H39Br2FN12O2. The summed E-state index contributed by atoms with van der Waals surface area (Å²) >= 11 is 6.54. The number of amides is 2. The Morgan fingerprint density at radius 2 is 1.18 bits per heavy atom. The molecule has 0 bridgehead atoms. The number of hydrogen-bond acceptors (Lipinski definition) is 10. The van der Waals surface area contributed by atoms with Crippen LogP contribution in [0.25, 0.3) is 11.4 Å². The van der Waals surface area contributed by atoms with Crippen LogP contribution in [-0.2, 0) is 0 Å². The number of nitrogens with one attached hydrogen (secondary N) is 1. The van der Waals surface area contributed by atoms with Gasteiger partial charge in [0, 0.05) is 64.7 Å². The van der Waals surface area contributed by atoms with Crippen LogP contribution in [0.15, 0.2) is 119 Å². The third kappa shape index (κ3) is 10.0. The number of rotatable bonds is 6. The van der Waals surface area contributed by atoms with Gasteiger partial charge in [-0.05, 0) is 69.2 Å². The van der Waals surface area contributed by atoms with Crippen molar-refractivity contribution in [3.05, 3.63) is 136 Å². The number of hydrogen-bond donors (Lipinski definition) is 2. The standard InChI is InChI=1S/C19H19BrN6O.C14H17N5O.C5H3BrFN/c1-13-10-15(24-18-11-14(20)6-7-21-18)12-25(13)19(27)16-4-2-3-5-17(16)26-22-8-9-23-26;1-10-8-11(15)9-18(10)14(20)12-4-2-3-5-13(12)19-16-6-7-17-19;6-4-1-2-8-5(7)3-4/h2-9,11,13,15H,10,12H2,1H3,(H,21,24);2-7,10-11H,8-9,15H2,1H3;1-3H/t13-,15-;10-,11-;/m11./s1. The van der Waals surface area contributed by atoms with Gasteiger partial charge in [-0.25, -0.2) is 9.97 Å². The van der Waals surface area contributed by atoms with Crippen LogP contribution >= 0.6 is 31.9 Å². The van der Waals surface area contributed by atoms with Crippen molar-refractivity contribution >= 4 is 49.5 Å². The van der Waals surface area contributed by atoms with Gasteiger partial charge in [-0.3, -0.25) is 9.59 Å². The largest absolute Gasteiger partial charge is 0.365 e. The molecule has 3 N–H and O–H groups in total. The Morgan fingerprint density at radius 3 is 1.65 bits per heavy atom. The first-order valence-corrected chi connectivity index (χ1v) is 19.1. The first kappa shape index (κ1) is 39.3. The lowest BCUT2D eigenvalue weighted by Gasteiger charge is -2.22. The molecule has 0 spiro atoms. The summed E-state index contributed by atoms with van der Waals surface area (Å²) in [7, 11) is 0. The predicted molar refractivity (Wildman–Crippen MR) is 212 cm³/mol. The van der Waals surface area contributed by atoms with E-state index >= 15 is 0 Å². The molecule has 0 saturated carbocycles. The summed E-state index contributed by atoms with van der Waals surface area (Å²) in [5, 5.41) is 20.0. The van der Waals surface area contributed by atoms with Gasteiger partial charge in [0.25, 0.3) is 11.8 Å². The fourth-order valence-corrected chi connectivity index (χ4v) is 7.14. The van der Waals surface area contributed by atoms with Crippen molar-refractivity contribution in [3.8, 4) is 11.4 Å². The maximum atomic E-state index is 13.2. The Balaban J connectivity index is 0.000000160. The van der Waals surface area contributed by atoms with E-state index in [1.807, 2.05) is 71.3 Å². The number of carbonyl (C=O) groups is 2. The van der Waals surface area contributed by atoms with Crippen LogP contribution in [0.1, 0.15) is 47.4 Å².